The standard InChI is InChI=1S/C9H8N2.C2HF3O2/c10-8-4-3-7-2-1-5-11-9(7)6-8;3-2(4,5)1(6)7/h1-6H,10H2;(H,6,7). The molecule has 0 saturated carbocycles. The predicted molar refractivity (Wildman–Crippen MR) is 59.8 cm³/mol. The van der Waals surface area contributed by atoms with Gasteiger partial charge in [-0.15, -0.1) is 0 Å². The number of aliphatic carboxylic acids is 1. The summed E-state index contributed by atoms with van der Waals surface area (Å²) >= 11 is 0. The van der Waals surface area contributed by atoms with Crippen molar-refractivity contribution in [3.05, 3.63) is 36.5 Å². The molecule has 0 atom stereocenters. The number of nitrogens with zero attached hydrogens (tertiary/aromatic N) is 1. The SMILES string of the molecule is Nc1ccc2cccnc2c1.O=C(O)C(F)(F)F. The van der Waals surface area contributed by atoms with Crippen LogP contribution in [-0.4, -0.2) is 22.2 Å². The lowest BCUT2D eigenvalue weighted by Crippen LogP contribution is -2.21. The number of fused-ring (bicyclic) bond motifs is 1. The van der Waals surface area contributed by atoms with Crippen LogP contribution in [-0.2, 0) is 4.79 Å². The first kappa shape index (κ1) is 13.8. The van der Waals surface area contributed by atoms with Crippen molar-refractivity contribution in [2.75, 3.05) is 5.73 Å². The maximum absolute atomic E-state index is 10.6. The molecule has 0 aliphatic rings. The molecule has 0 saturated heterocycles. The number of anilines is 1. The van der Waals surface area contributed by atoms with Gasteiger partial charge in [-0.3, -0.25) is 4.98 Å². The second kappa shape index (κ2) is 5.35. The minimum Gasteiger partial charge on any atom is -0.475 e. The van der Waals surface area contributed by atoms with Gasteiger partial charge in [-0.05, 0) is 18.2 Å². The monoisotopic (exact) mass is 258 g/mol. The number of nitrogens with two attached hydrogens (primary N) is 1. The van der Waals surface area contributed by atoms with Crippen LogP contribution >= 0.6 is 0 Å². The molecule has 0 bridgehead atoms. The van der Waals surface area contributed by atoms with Crippen LogP contribution in [0, 0.1) is 0 Å². The third-order valence-electron chi connectivity index (χ3n) is 1.87. The lowest BCUT2D eigenvalue weighted by molar-refractivity contribution is -0.192. The average molecular weight is 258 g/mol. The fraction of sp³-hybridized carbons (Fsp3) is 0.0909. The predicted octanol–water partition coefficient (Wildman–Crippen LogP) is 2.45. The Kier molecular flexibility index (Phi) is 4.09. The number of carboxylic acids is 1. The number of aromatic nitrogens is 1. The molecule has 18 heavy (non-hydrogen) atoms. The van der Waals surface area contributed by atoms with Gasteiger partial charge in [-0.1, -0.05) is 12.1 Å². The normalized spacial score (nSPS) is 10.6. The number of hydrogen-bond acceptors (Lipinski definition) is 3. The summed E-state index contributed by atoms with van der Waals surface area (Å²) in [5.74, 6) is -2.76. The Hall–Kier alpha value is -2.31. The molecule has 7 heteroatoms. The van der Waals surface area contributed by atoms with Gasteiger partial charge in [0, 0.05) is 17.3 Å². The van der Waals surface area contributed by atoms with E-state index < -0.39 is 12.1 Å². The van der Waals surface area contributed by atoms with Crippen molar-refractivity contribution in [3.63, 3.8) is 0 Å². The molecule has 2 aromatic rings. The highest BCUT2D eigenvalue weighted by molar-refractivity contribution is 5.81. The highest BCUT2D eigenvalue weighted by atomic mass is 19.4. The van der Waals surface area contributed by atoms with E-state index in [2.05, 4.69) is 4.98 Å². The summed E-state index contributed by atoms with van der Waals surface area (Å²) < 4.78 is 31.7. The van der Waals surface area contributed by atoms with Crippen LogP contribution in [0.3, 0.4) is 0 Å². The molecule has 3 N–H and O–H groups in total. The maximum atomic E-state index is 10.6. The van der Waals surface area contributed by atoms with E-state index in [4.69, 9.17) is 15.6 Å². The van der Waals surface area contributed by atoms with Crippen molar-refractivity contribution in [3.8, 4) is 0 Å². The van der Waals surface area contributed by atoms with Crippen LogP contribution in [0.25, 0.3) is 10.9 Å². The molecular formula is C11H9F3N2O2. The molecule has 0 fully saturated rings. The quantitative estimate of drug-likeness (QED) is 0.711. The van der Waals surface area contributed by atoms with Crippen LogP contribution in [0.1, 0.15) is 0 Å². The molecule has 0 unspecified atom stereocenters. The van der Waals surface area contributed by atoms with E-state index in [0.29, 0.717) is 0 Å². The highest BCUT2D eigenvalue weighted by Crippen LogP contribution is 2.14. The zero-order chi connectivity index (χ0) is 13.8. The number of alkyl halides is 3. The minimum absolute atomic E-state index is 0.760. The van der Waals surface area contributed by atoms with Crippen LogP contribution < -0.4 is 5.73 Å². The third kappa shape index (κ3) is 3.93. The zero-order valence-electron chi connectivity index (χ0n) is 8.98. The maximum Gasteiger partial charge on any atom is 0.490 e. The Balaban J connectivity index is 0.000000203. The molecule has 1 heterocycles. The second-order valence-corrected chi connectivity index (χ2v) is 3.26. The largest absolute Gasteiger partial charge is 0.490 e. The van der Waals surface area contributed by atoms with Crippen LogP contribution in [0.5, 0.6) is 0 Å². The molecule has 0 aliphatic carbocycles. The smallest absolute Gasteiger partial charge is 0.475 e. The number of nitrogen functional groups attached to an aromatic ring is 1. The Morgan fingerprint density at radius 3 is 2.44 bits per heavy atom. The van der Waals surface area contributed by atoms with E-state index in [9.17, 15) is 13.2 Å². The van der Waals surface area contributed by atoms with Gasteiger partial charge in [-0.25, -0.2) is 4.79 Å². The van der Waals surface area contributed by atoms with Gasteiger partial charge < -0.3 is 10.8 Å². The number of pyridine rings is 1. The molecule has 0 amide bonds. The van der Waals surface area contributed by atoms with Gasteiger partial charge in [0.15, 0.2) is 0 Å². The number of benzene rings is 1. The van der Waals surface area contributed by atoms with Gasteiger partial charge in [0.25, 0.3) is 0 Å². The Morgan fingerprint density at radius 1 is 1.28 bits per heavy atom. The van der Waals surface area contributed by atoms with E-state index in [1.165, 1.54) is 0 Å². The Morgan fingerprint density at radius 2 is 1.89 bits per heavy atom. The summed E-state index contributed by atoms with van der Waals surface area (Å²) in [6, 6.07) is 9.65. The molecule has 96 valence electrons. The lowest BCUT2D eigenvalue weighted by atomic mass is 10.2. The topological polar surface area (TPSA) is 76.2 Å². The summed E-state index contributed by atoms with van der Waals surface area (Å²) in [7, 11) is 0. The first-order chi connectivity index (χ1) is 8.30. The molecule has 2 rings (SSSR count). The third-order valence-corrected chi connectivity index (χ3v) is 1.87. The fourth-order valence-electron chi connectivity index (χ4n) is 1.08. The number of carbonyl (C=O) groups is 1. The van der Waals surface area contributed by atoms with Crippen molar-refractivity contribution in [2.24, 2.45) is 0 Å². The molecule has 1 aromatic carbocycles. The van der Waals surface area contributed by atoms with Gasteiger partial charge in [0.1, 0.15) is 0 Å². The Labute approximate surface area is 99.9 Å². The summed E-state index contributed by atoms with van der Waals surface area (Å²) in [5.41, 5.74) is 7.30. The summed E-state index contributed by atoms with van der Waals surface area (Å²) in [6.07, 6.45) is -3.32. The molecule has 4 nitrogen and oxygen atoms in total. The van der Waals surface area contributed by atoms with E-state index in [0.717, 1.165) is 16.6 Å². The fourth-order valence-corrected chi connectivity index (χ4v) is 1.08. The average Bonchev–Trinajstić information content (AvgIpc) is 2.28. The molecule has 0 spiro atoms. The number of rotatable bonds is 0. The van der Waals surface area contributed by atoms with Crippen molar-refractivity contribution in [2.45, 2.75) is 6.18 Å². The van der Waals surface area contributed by atoms with Gasteiger partial charge in [-0.2, -0.15) is 13.2 Å². The van der Waals surface area contributed by atoms with Crippen molar-refractivity contribution < 1.29 is 23.1 Å². The summed E-state index contributed by atoms with van der Waals surface area (Å²) in [4.78, 5) is 13.1. The van der Waals surface area contributed by atoms with Crippen molar-refractivity contribution in [1.82, 2.24) is 4.98 Å². The first-order valence-electron chi connectivity index (χ1n) is 4.71. The van der Waals surface area contributed by atoms with Gasteiger partial charge in [0.2, 0.25) is 0 Å². The van der Waals surface area contributed by atoms with E-state index in [-0.39, 0.29) is 0 Å². The van der Waals surface area contributed by atoms with Crippen LogP contribution in [0.2, 0.25) is 0 Å². The van der Waals surface area contributed by atoms with Gasteiger partial charge in [0.05, 0.1) is 5.52 Å². The van der Waals surface area contributed by atoms with Crippen LogP contribution in [0.4, 0.5) is 18.9 Å². The molecule has 0 radical (unpaired) electrons. The number of carboxylic acid groups (broad SMARTS) is 1. The first-order valence-corrected chi connectivity index (χ1v) is 4.71. The molecular weight excluding hydrogens is 249 g/mol. The Bertz CT molecular complexity index is 555. The lowest BCUT2D eigenvalue weighted by Gasteiger charge is -1.95. The zero-order valence-corrected chi connectivity index (χ0v) is 8.98. The van der Waals surface area contributed by atoms with Crippen LogP contribution in [0.15, 0.2) is 36.5 Å². The summed E-state index contributed by atoms with van der Waals surface area (Å²) in [6.45, 7) is 0. The summed E-state index contributed by atoms with van der Waals surface area (Å²) in [5, 5.41) is 8.25. The van der Waals surface area contributed by atoms with Crippen molar-refractivity contribution >= 4 is 22.6 Å². The van der Waals surface area contributed by atoms with E-state index in [1.807, 2.05) is 30.3 Å². The second-order valence-electron chi connectivity index (χ2n) is 3.26. The van der Waals surface area contributed by atoms with E-state index >= 15 is 0 Å². The number of halogens is 3. The minimum atomic E-state index is -5.08. The number of hydrogen-bond donors (Lipinski definition) is 2. The van der Waals surface area contributed by atoms with Crippen molar-refractivity contribution in [1.29, 1.82) is 0 Å². The highest BCUT2D eigenvalue weighted by Gasteiger charge is 2.38. The van der Waals surface area contributed by atoms with Gasteiger partial charge >= 0.3 is 12.1 Å². The van der Waals surface area contributed by atoms with E-state index in [1.54, 1.807) is 6.20 Å². The molecule has 0 aliphatic heterocycles. The molecule has 1 aromatic heterocycles.